The van der Waals surface area contributed by atoms with Gasteiger partial charge in [0.2, 0.25) is 0 Å². The van der Waals surface area contributed by atoms with Gasteiger partial charge in [0.1, 0.15) is 0 Å². The highest BCUT2D eigenvalue weighted by atomic mass is 35.5. The van der Waals surface area contributed by atoms with Crippen LogP contribution in [0, 0.1) is 0 Å². The zero-order valence-electron chi connectivity index (χ0n) is 8.60. The van der Waals surface area contributed by atoms with Gasteiger partial charge in [-0.05, 0) is 18.4 Å². The van der Waals surface area contributed by atoms with E-state index in [9.17, 15) is 4.79 Å². The molecule has 0 saturated carbocycles. The molecule has 0 aliphatic carbocycles. The van der Waals surface area contributed by atoms with Crippen LogP contribution in [0.5, 0.6) is 0 Å². The molecule has 1 aliphatic heterocycles. The van der Waals surface area contributed by atoms with Crippen molar-refractivity contribution in [2.75, 3.05) is 19.6 Å². The molecule has 1 unspecified atom stereocenters. The summed E-state index contributed by atoms with van der Waals surface area (Å²) in [6.45, 7) is 4.70. The minimum absolute atomic E-state index is 0. The second-order valence-electron chi connectivity index (χ2n) is 3.53. The Bertz CT molecular complexity index is 315. The lowest BCUT2D eigenvalue weighted by molar-refractivity contribution is 0.0661. The molecule has 1 fully saturated rings. The highest BCUT2D eigenvalue weighted by Gasteiger charge is 2.24. The van der Waals surface area contributed by atoms with Crippen LogP contribution in [0.3, 0.4) is 0 Å². The molecule has 1 saturated heterocycles. The largest absolute Gasteiger partial charge is 0.333 e. The monoisotopic (exact) mass is 246 g/mol. The van der Waals surface area contributed by atoms with E-state index in [0.717, 1.165) is 24.5 Å². The number of hydrogen-bond donors (Lipinski definition) is 1. The highest BCUT2D eigenvalue weighted by Crippen LogP contribution is 2.14. The van der Waals surface area contributed by atoms with Crippen LogP contribution < -0.4 is 5.32 Å². The number of amides is 1. The number of halogens is 1. The van der Waals surface area contributed by atoms with Crippen molar-refractivity contribution in [2.24, 2.45) is 0 Å². The summed E-state index contributed by atoms with van der Waals surface area (Å²) in [5.41, 5.74) is 0. The third kappa shape index (κ3) is 2.71. The molecule has 2 rings (SSSR count). The first-order chi connectivity index (χ1) is 6.79. The van der Waals surface area contributed by atoms with Gasteiger partial charge >= 0.3 is 0 Å². The molecule has 1 aliphatic rings. The Kier molecular flexibility index (Phi) is 4.57. The molecule has 84 valence electrons. The Morgan fingerprint density at radius 1 is 1.67 bits per heavy atom. The number of hydrogen-bond acceptors (Lipinski definition) is 3. The first kappa shape index (κ1) is 12.5. The lowest BCUT2D eigenvalue weighted by atomic mass is 10.2. The summed E-state index contributed by atoms with van der Waals surface area (Å²) in [4.78, 5) is 14.8. The van der Waals surface area contributed by atoms with Crippen LogP contribution in [0.2, 0.25) is 0 Å². The standard InChI is InChI=1S/C10H14N2OS.ClH/c1-8-7-11-4-5-12(8)10(13)9-3-2-6-14-9;/h2-3,6,8,11H,4-5,7H2,1H3;1H. The molecule has 1 aromatic rings. The Morgan fingerprint density at radius 3 is 3.07 bits per heavy atom. The highest BCUT2D eigenvalue weighted by molar-refractivity contribution is 7.12. The average molecular weight is 247 g/mol. The molecule has 3 nitrogen and oxygen atoms in total. The first-order valence-electron chi connectivity index (χ1n) is 4.84. The third-order valence-electron chi connectivity index (χ3n) is 2.49. The van der Waals surface area contributed by atoms with Crippen LogP contribution >= 0.6 is 23.7 Å². The fourth-order valence-electron chi connectivity index (χ4n) is 1.68. The maximum Gasteiger partial charge on any atom is 0.264 e. The van der Waals surface area contributed by atoms with E-state index in [2.05, 4.69) is 12.2 Å². The van der Waals surface area contributed by atoms with Crippen LogP contribution in [-0.2, 0) is 0 Å². The molecule has 1 atom stereocenters. The van der Waals surface area contributed by atoms with Gasteiger partial charge < -0.3 is 10.2 Å². The van der Waals surface area contributed by atoms with Crippen molar-refractivity contribution >= 4 is 29.7 Å². The van der Waals surface area contributed by atoms with Crippen molar-refractivity contribution in [3.63, 3.8) is 0 Å². The van der Waals surface area contributed by atoms with E-state index in [-0.39, 0.29) is 18.3 Å². The number of nitrogens with one attached hydrogen (secondary N) is 1. The second-order valence-corrected chi connectivity index (χ2v) is 4.48. The number of rotatable bonds is 1. The molecule has 15 heavy (non-hydrogen) atoms. The summed E-state index contributed by atoms with van der Waals surface area (Å²) in [7, 11) is 0. The Morgan fingerprint density at radius 2 is 2.47 bits per heavy atom. The molecule has 0 bridgehead atoms. The van der Waals surface area contributed by atoms with E-state index in [1.54, 1.807) is 0 Å². The lowest BCUT2D eigenvalue weighted by Crippen LogP contribution is -2.52. The summed E-state index contributed by atoms with van der Waals surface area (Å²) in [5.74, 6) is 0.175. The molecule has 2 heterocycles. The molecule has 1 aromatic heterocycles. The van der Waals surface area contributed by atoms with Crippen LogP contribution in [0.15, 0.2) is 17.5 Å². The van der Waals surface area contributed by atoms with Crippen LogP contribution in [-0.4, -0.2) is 36.5 Å². The fourth-order valence-corrected chi connectivity index (χ4v) is 2.36. The van der Waals surface area contributed by atoms with Gasteiger partial charge in [-0.25, -0.2) is 0 Å². The maximum absolute atomic E-state index is 12.0. The Labute approximate surface area is 99.9 Å². The Hall–Kier alpha value is -0.580. The number of thiophene rings is 1. The lowest BCUT2D eigenvalue weighted by Gasteiger charge is -2.33. The fraction of sp³-hybridized carbons (Fsp3) is 0.500. The van der Waals surface area contributed by atoms with E-state index in [0.29, 0.717) is 6.04 Å². The quantitative estimate of drug-likeness (QED) is 0.817. The minimum atomic E-state index is 0. The molecule has 0 radical (unpaired) electrons. The predicted molar refractivity (Wildman–Crippen MR) is 64.9 cm³/mol. The van der Waals surface area contributed by atoms with Gasteiger partial charge in [0, 0.05) is 25.7 Å². The smallest absolute Gasteiger partial charge is 0.264 e. The molecular formula is C10H15ClN2OS. The van der Waals surface area contributed by atoms with E-state index in [1.807, 2.05) is 22.4 Å². The third-order valence-corrected chi connectivity index (χ3v) is 3.35. The van der Waals surface area contributed by atoms with Gasteiger partial charge in [-0.1, -0.05) is 6.07 Å². The zero-order valence-corrected chi connectivity index (χ0v) is 10.2. The normalized spacial score (nSPS) is 20.9. The van der Waals surface area contributed by atoms with Crippen LogP contribution in [0.1, 0.15) is 16.6 Å². The number of carbonyl (C=O) groups excluding carboxylic acids is 1. The van der Waals surface area contributed by atoms with Gasteiger partial charge in [-0.15, -0.1) is 23.7 Å². The van der Waals surface area contributed by atoms with Gasteiger partial charge in [0.15, 0.2) is 0 Å². The number of nitrogens with zero attached hydrogens (tertiary/aromatic N) is 1. The molecule has 1 amide bonds. The summed E-state index contributed by atoms with van der Waals surface area (Å²) in [6.07, 6.45) is 0. The van der Waals surface area contributed by atoms with Crippen molar-refractivity contribution in [1.82, 2.24) is 10.2 Å². The average Bonchev–Trinajstić information content (AvgIpc) is 2.70. The van der Waals surface area contributed by atoms with E-state index >= 15 is 0 Å². The molecule has 5 heteroatoms. The SMILES string of the molecule is CC1CNCCN1C(=O)c1cccs1.Cl. The number of piperazine rings is 1. The van der Waals surface area contributed by atoms with Crippen molar-refractivity contribution in [1.29, 1.82) is 0 Å². The van der Waals surface area contributed by atoms with Gasteiger partial charge in [0.25, 0.3) is 5.91 Å². The van der Waals surface area contributed by atoms with Crippen LogP contribution in [0.25, 0.3) is 0 Å². The van der Waals surface area contributed by atoms with Crippen molar-refractivity contribution in [3.8, 4) is 0 Å². The first-order valence-corrected chi connectivity index (χ1v) is 5.72. The summed E-state index contributed by atoms with van der Waals surface area (Å²) >= 11 is 1.52. The Balaban J connectivity index is 0.00000112. The zero-order chi connectivity index (χ0) is 9.97. The summed E-state index contributed by atoms with van der Waals surface area (Å²) in [5, 5.41) is 5.22. The van der Waals surface area contributed by atoms with Gasteiger partial charge in [0.05, 0.1) is 4.88 Å². The van der Waals surface area contributed by atoms with Crippen LogP contribution in [0.4, 0.5) is 0 Å². The van der Waals surface area contributed by atoms with Crippen molar-refractivity contribution < 1.29 is 4.79 Å². The van der Waals surface area contributed by atoms with Gasteiger partial charge in [-0.3, -0.25) is 4.79 Å². The van der Waals surface area contributed by atoms with E-state index in [4.69, 9.17) is 0 Å². The minimum Gasteiger partial charge on any atom is -0.333 e. The van der Waals surface area contributed by atoms with E-state index in [1.165, 1.54) is 11.3 Å². The van der Waals surface area contributed by atoms with Gasteiger partial charge in [-0.2, -0.15) is 0 Å². The molecule has 1 N–H and O–H groups in total. The van der Waals surface area contributed by atoms with Crippen molar-refractivity contribution in [3.05, 3.63) is 22.4 Å². The van der Waals surface area contributed by atoms with Crippen molar-refractivity contribution in [2.45, 2.75) is 13.0 Å². The molecule has 0 spiro atoms. The maximum atomic E-state index is 12.0. The summed E-state index contributed by atoms with van der Waals surface area (Å²) < 4.78 is 0. The predicted octanol–water partition coefficient (Wildman–Crippen LogP) is 1.60. The molecular weight excluding hydrogens is 232 g/mol. The molecule has 0 aromatic carbocycles. The summed E-state index contributed by atoms with van der Waals surface area (Å²) in [6, 6.07) is 4.12. The second kappa shape index (κ2) is 5.49. The topological polar surface area (TPSA) is 32.3 Å². The van der Waals surface area contributed by atoms with E-state index < -0.39 is 0 Å². The number of carbonyl (C=O) groups is 1.